The summed E-state index contributed by atoms with van der Waals surface area (Å²) >= 11 is 0. The van der Waals surface area contributed by atoms with Crippen LogP contribution in [-0.2, 0) is 27.5 Å². The number of pyridine rings is 1. The molecule has 0 saturated carbocycles. The molecule has 0 bridgehead atoms. The fraction of sp³-hybridized carbons (Fsp3) is 0.220. The van der Waals surface area contributed by atoms with Gasteiger partial charge in [0.2, 0.25) is 0 Å². The average molecular weight is 798 g/mol. The van der Waals surface area contributed by atoms with Gasteiger partial charge >= 0.3 is 21.1 Å². The maximum absolute atomic E-state index is 6.39. The third-order valence-corrected chi connectivity index (χ3v) is 8.72. The number of hydrogen-bond acceptors (Lipinski definition) is 3. The second kappa shape index (κ2) is 13.7. The average Bonchev–Trinajstić information content (AvgIpc) is 3.67. The maximum Gasteiger partial charge on any atom is 2.00 e. The Morgan fingerprint density at radius 1 is 0.851 bits per heavy atom. The summed E-state index contributed by atoms with van der Waals surface area (Å²) in [6.45, 7) is 11.0. The van der Waals surface area contributed by atoms with Crippen LogP contribution in [0.15, 0.2) is 97.5 Å². The van der Waals surface area contributed by atoms with Crippen LogP contribution in [0.5, 0.6) is 11.5 Å². The molecule has 0 aliphatic rings. The predicted molar refractivity (Wildman–Crippen MR) is 187 cm³/mol. The third kappa shape index (κ3) is 6.42. The Balaban J connectivity index is 0.00000386. The molecule has 4 aromatic carbocycles. The molecule has 3 aromatic heterocycles. The van der Waals surface area contributed by atoms with Gasteiger partial charge in [0.15, 0.2) is 0 Å². The Labute approximate surface area is 291 Å². The van der Waals surface area contributed by atoms with E-state index in [2.05, 4.69) is 112 Å². The van der Waals surface area contributed by atoms with Gasteiger partial charge in [-0.05, 0) is 89.7 Å². The van der Waals surface area contributed by atoms with Crippen LogP contribution in [0.25, 0.3) is 44.4 Å². The summed E-state index contributed by atoms with van der Waals surface area (Å²) in [5.74, 6) is 2.48. The Kier molecular flexibility index (Phi) is 9.47. The maximum atomic E-state index is 6.39. The molecule has 0 spiro atoms. The van der Waals surface area contributed by atoms with E-state index in [0.717, 1.165) is 45.3 Å². The number of rotatable bonds is 9. The summed E-state index contributed by atoms with van der Waals surface area (Å²) in [4.78, 5) is 4.76. The number of unbranched alkanes of at least 4 members (excludes halogenated alkanes) is 1. The van der Waals surface area contributed by atoms with Gasteiger partial charge in [0.25, 0.3) is 0 Å². The number of aryl methyl sites for hydroxylation is 3. The van der Waals surface area contributed by atoms with Gasteiger partial charge in [-0.2, -0.15) is 17.2 Å². The number of fused-ring (bicyclic) bond motifs is 3. The van der Waals surface area contributed by atoms with E-state index in [1.54, 1.807) is 0 Å². The molecule has 238 valence electrons. The van der Waals surface area contributed by atoms with E-state index < -0.39 is 0 Å². The molecule has 0 saturated heterocycles. The number of para-hydroxylation sites is 1. The van der Waals surface area contributed by atoms with E-state index in [4.69, 9.17) is 14.8 Å². The van der Waals surface area contributed by atoms with Gasteiger partial charge in [-0.3, -0.25) is 4.68 Å². The van der Waals surface area contributed by atoms with Crippen molar-refractivity contribution in [3.63, 3.8) is 0 Å². The first-order chi connectivity index (χ1) is 22.4. The second-order valence-electron chi connectivity index (χ2n) is 12.4. The minimum absolute atomic E-state index is 0. The fourth-order valence-electron chi connectivity index (χ4n) is 6.45. The number of aromatic nitrogens is 4. The normalized spacial score (nSPS) is 11.4. The second-order valence-corrected chi connectivity index (χ2v) is 12.4. The van der Waals surface area contributed by atoms with Crippen molar-refractivity contribution in [2.24, 2.45) is 0 Å². The fourth-order valence-corrected chi connectivity index (χ4v) is 6.45. The Bertz CT molecular complexity index is 2170. The van der Waals surface area contributed by atoms with E-state index in [1.807, 2.05) is 41.3 Å². The van der Waals surface area contributed by atoms with Gasteiger partial charge in [0, 0.05) is 35.0 Å². The van der Waals surface area contributed by atoms with Gasteiger partial charge in [-0.25, -0.2) is 4.98 Å². The number of hydrogen-bond donors (Lipinski definition) is 0. The van der Waals surface area contributed by atoms with Crippen LogP contribution >= 0.6 is 0 Å². The van der Waals surface area contributed by atoms with E-state index >= 15 is 0 Å². The predicted octanol–water partition coefficient (Wildman–Crippen LogP) is 10.5. The molecular weight excluding hydrogens is 760 g/mol. The SMILES string of the molecule is CCCCc1cc(C)c(-c2cnn(-c3[c-]c(Oc4[c-]c5c(cc4)c4ccccc4n5-c4cc(C(C)C)ccn4)ccc3)c2)c(C)c1.[Pt+2]. The summed E-state index contributed by atoms with van der Waals surface area (Å²) in [5.41, 5.74) is 10.4. The zero-order valence-electron chi connectivity index (χ0n) is 27.4. The van der Waals surface area contributed by atoms with Crippen molar-refractivity contribution in [1.82, 2.24) is 19.3 Å². The van der Waals surface area contributed by atoms with Crippen LogP contribution in [0.2, 0.25) is 0 Å². The molecule has 5 nitrogen and oxygen atoms in total. The standard InChI is InChI=1S/C41H38N4O.Pt/c1-6-7-11-30-20-28(4)41(29(5)21-30)32-25-43-44(26-32)33-12-10-13-34(23-33)46-35-16-17-37-36-14-8-9-15-38(36)45(39(37)24-35)40-22-31(27(2)3)18-19-42-40;/h8-10,12-22,25-27H,6-7,11H2,1-5H3;/q-2;+2. The van der Waals surface area contributed by atoms with Crippen LogP contribution in [-0.4, -0.2) is 19.3 Å². The Morgan fingerprint density at radius 2 is 1.64 bits per heavy atom. The van der Waals surface area contributed by atoms with Gasteiger partial charge in [0.1, 0.15) is 5.82 Å². The molecule has 6 heteroatoms. The first kappa shape index (κ1) is 32.5. The summed E-state index contributed by atoms with van der Waals surface area (Å²) in [6.07, 6.45) is 9.43. The van der Waals surface area contributed by atoms with Crippen LogP contribution in [0.4, 0.5) is 0 Å². The Hall–Kier alpha value is -4.47. The van der Waals surface area contributed by atoms with Gasteiger partial charge in [0.05, 0.1) is 6.20 Å². The number of ether oxygens (including phenoxy) is 1. The molecule has 3 heterocycles. The summed E-state index contributed by atoms with van der Waals surface area (Å²) in [6, 6.07) is 34.2. The van der Waals surface area contributed by atoms with Crippen molar-refractivity contribution in [3.05, 3.63) is 132 Å². The Morgan fingerprint density at radius 3 is 2.43 bits per heavy atom. The van der Waals surface area contributed by atoms with Crippen molar-refractivity contribution >= 4 is 21.8 Å². The van der Waals surface area contributed by atoms with Crippen molar-refractivity contribution in [1.29, 1.82) is 0 Å². The smallest absolute Gasteiger partial charge is 0.509 e. The van der Waals surface area contributed by atoms with Crippen LogP contribution in [0.1, 0.15) is 61.8 Å². The minimum atomic E-state index is 0. The zero-order chi connectivity index (χ0) is 31.8. The molecule has 7 rings (SSSR count). The van der Waals surface area contributed by atoms with E-state index in [0.29, 0.717) is 17.4 Å². The molecule has 0 aliphatic heterocycles. The van der Waals surface area contributed by atoms with Gasteiger partial charge in [-0.1, -0.05) is 63.0 Å². The molecular formula is C41H38N4OPt. The number of benzene rings is 4. The molecule has 7 aromatic rings. The van der Waals surface area contributed by atoms with E-state index in [-0.39, 0.29) is 21.1 Å². The topological polar surface area (TPSA) is 44.9 Å². The molecule has 0 aliphatic carbocycles. The van der Waals surface area contributed by atoms with Crippen LogP contribution in [0, 0.1) is 26.0 Å². The van der Waals surface area contributed by atoms with Crippen molar-refractivity contribution < 1.29 is 25.8 Å². The molecule has 0 N–H and O–H groups in total. The largest absolute Gasteiger partial charge is 2.00 e. The van der Waals surface area contributed by atoms with Crippen LogP contribution in [0.3, 0.4) is 0 Å². The summed E-state index contributed by atoms with van der Waals surface area (Å²) in [7, 11) is 0. The first-order valence-corrected chi connectivity index (χ1v) is 16.2. The first-order valence-electron chi connectivity index (χ1n) is 16.2. The summed E-state index contributed by atoms with van der Waals surface area (Å²) in [5, 5.41) is 6.96. The molecule has 0 atom stereocenters. The molecule has 0 unspecified atom stereocenters. The molecule has 0 fully saturated rings. The molecule has 47 heavy (non-hydrogen) atoms. The third-order valence-electron chi connectivity index (χ3n) is 8.72. The van der Waals surface area contributed by atoms with E-state index in [1.165, 1.54) is 40.7 Å². The van der Waals surface area contributed by atoms with Crippen molar-refractivity contribution in [3.8, 4) is 34.1 Å². The number of nitrogens with zero attached hydrogens (tertiary/aromatic N) is 4. The van der Waals surface area contributed by atoms with Crippen molar-refractivity contribution in [2.75, 3.05) is 0 Å². The summed E-state index contributed by atoms with van der Waals surface area (Å²) < 4.78 is 10.4. The zero-order valence-corrected chi connectivity index (χ0v) is 29.7. The quantitative estimate of drug-likeness (QED) is 0.137. The molecule has 0 radical (unpaired) electrons. The van der Waals surface area contributed by atoms with Gasteiger partial charge < -0.3 is 9.30 Å². The minimum Gasteiger partial charge on any atom is -0.509 e. The van der Waals surface area contributed by atoms with E-state index in [9.17, 15) is 0 Å². The van der Waals surface area contributed by atoms with Gasteiger partial charge in [-0.15, -0.1) is 35.7 Å². The monoisotopic (exact) mass is 797 g/mol. The van der Waals surface area contributed by atoms with Crippen LogP contribution < -0.4 is 4.74 Å². The molecule has 0 amide bonds. The van der Waals surface area contributed by atoms with Crippen molar-refractivity contribution in [2.45, 2.75) is 59.8 Å².